The van der Waals surface area contributed by atoms with E-state index in [2.05, 4.69) is 68.2 Å². The molecule has 1 amide bonds. The van der Waals surface area contributed by atoms with Crippen LogP contribution < -0.4 is 5.32 Å². The molecule has 1 saturated carbocycles. The van der Waals surface area contributed by atoms with Crippen LogP contribution in [0.4, 0.5) is 0 Å². The molecule has 2 nitrogen and oxygen atoms in total. The van der Waals surface area contributed by atoms with Gasteiger partial charge in [0.1, 0.15) is 0 Å². The number of carbonyl (C=O) groups excluding carboxylic acids is 1. The molecule has 0 spiro atoms. The third kappa shape index (κ3) is 7.58. The van der Waals surface area contributed by atoms with Crippen molar-refractivity contribution in [3.8, 4) is 11.1 Å². The molecule has 0 aromatic heterocycles. The Morgan fingerprint density at radius 2 is 1.71 bits per heavy atom. The quantitative estimate of drug-likeness (QED) is 0.250. The Kier molecular flexibility index (Phi) is 10.4. The minimum Gasteiger partial charge on any atom is -0.352 e. The number of carbonyl (C=O) groups is 1. The van der Waals surface area contributed by atoms with E-state index in [-0.39, 0.29) is 5.91 Å². The Labute approximate surface area is 208 Å². The molecule has 0 saturated heterocycles. The predicted octanol–water partition coefficient (Wildman–Crippen LogP) is 8.40. The van der Waals surface area contributed by atoms with Gasteiger partial charge in [0.2, 0.25) is 5.91 Å². The molecule has 184 valence electrons. The second-order valence-electron chi connectivity index (χ2n) is 10.3. The Morgan fingerprint density at radius 1 is 0.971 bits per heavy atom. The first kappa shape index (κ1) is 26.3. The summed E-state index contributed by atoms with van der Waals surface area (Å²) in [4.78, 5) is 11.6. The van der Waals surface area contributed by atoms with Crippen LogP contribution in [0.3, 0.4) is 0 Å². The molecular weight excluding hydrogens is 414 g/mol. The van der Waals surface area contributed by atoms with E-state index in [1.165, 1.54) is 79.2 Å². The lowest BCUT2D eigenvalue weighted by atomic mass is 9.77. The highest BCUT2D eigenvalue weighted by Crippen LogP contribution is 2.38. The maximum absolute atomic E-state index is 11.6. The Hall–Kier alpha value is -2.35. The fourth-order valence-electron chi connectivity index (χ4n) is 5.42. The molecule has 0 aliphatic heterocycles. The number of hydrogen-bond acceptors (Lipinski definition) is 1. The summed E-state index contributed by atoms with van der Waals surface area (Å²) in [5, 5.41) is 2.93. The second-order valence-corrected chi connectivity index (χ2v) is 10.3. The normalized spacial score (nSPS) is 18.0. The first-order valence-corrected chi connectivity index (χ1v) is 13.7. The van der Waals surface area contributed by atoms with Crippen LogP contribution in [-0.4, -0.2) is 12.5 Å². The maximum Gasteiger partial charge on any atom is 0.246 e. The molecule has 2 aromatic rings. The number of amides is 1. The monoisotopic (exact) mass is 459 g/mol. The van der Waals surface area contributed by atoms with Gasteiger partial charge in [-0.15, -0.1) is 0 Å². The van der Waals surface area contributed by atoms with Crippen molar-refractivity contribution in [3.05, 3.63) is 71.3 Å². The third-order valence-corrected chi connectivity index (χ3v) is 7.62. The van der Waals surface area contributed by atoms with Crippen LogP contribution in [0.5, 0.6) is 0 Å². The Balaban J connectivity index is 1.55. The largest absolute Gasteiger partial charge is 0.352 e. The van der Waals surface area contributed by atoms with E-state index in [4.69, 9.17) is 0 Å². The van der Waals surface area contributed by atoms with Gasteiger partial charge in [-0.1, -0.05) is 88.6 Å². The Bertz CT molecular complexity index is 919. The molecule has 0 radical (unpaired) electrons. The van der Waals surface area contributed by atoms with Gasteiger partial charge in [0.05, 0.1) is 0 Å². The van der Waals surface area contributed by atoms with E-state index < -0.39 is 0 Å². The van der Waals surface area contributed by atoms with Crippen molar-refractivity contribution in [1.29, 1.82) is 0 Å². The van der Waals surface area contributed by atoms with Gasteiger partial charge in [0.25, 0.3) is 0 Å². The number of benzene rings is 2. The third-order valence-electron chi connectivity index (χ3n) is 7.62. The molecule has 2 aromatic carbocycles. The summed E-state index contributed by atoms with van der Waals surface area (Å²) in [7, 11) is 0. The molecule has 1 aliphatic rings. The zero-order chi connectivity index (χ0) is 24.3. The zero-order valence-corrected chi connectivity index (χ0v) is 21.8. The van der Waals surface area contributed by atoms with Gasteiger partial charge >= 0.3 is 0 Å². The number of aryl methyl sites for hydroxylation is 2. The molecule has 3 rings (SSSR count). The lowest BCUT2D eigenvalue weighted by Gasteiger charge is -2.29. The standard InChI is InChI=1S/C32H45NO/c1-5-7-8-10-25-12-15-28(16-13-25)29-17-19-30(20-18-29)31-21-14-26(23-27(31)6-2)11-9-22-33-32(34)24(3)4/h14,17-21,23,25,28H,3,5-13,15-16,22H2,1-2,4H3,(H,33,34). The van der Waals surface area contributed by atoms with E-state index in [1.54, 1.807) is 6.92 Å². The molecule has 34 heavy (non-hydrogen) atoms. The van der Waals surface area contributed by atoms with E-state index >= 15 is 0 Å². The average molecular weight is 460 g/mol. The molecule has 1 N–H and O–H groups in total. The summed E-state index contributed by atoms with van der Waals surface area (Å²) < 4.78 is 0. The zero-order valence-electron chi connectivity index (χ0n) is 21.8. The fourth-order valence-corrected chi connectivity index (χ4v) is 5.42. The summed E-state index contributed by atoms with van der Waals surface area (Å²) in [6, 6.07) is 16.3. The van der Waals surface area contributed by atoms with Crippen molar-refractivity contribution in [3.63, 3.8) is 0 Å². The van der Waals surface area contributed by atoms with E-state index in [1.807, 2.05) is 0 Å². The molecule has 1 fully saturated rings. The Morgan fingerprint density at radius 3 is 2.35 bits per heavy atom. The highest BCUT2D eigenvalue weighted by Gasteiger charge is 2.22. The summed E-state index contributed by atoms with van der Waals surface area (Å²) in [6.07, 6.45) is 14.1. The lowest BCUT2D eigenvalue weighted by molar-refractivity contribution is -0.117. The topological polar surface area (TPSA) is 29.1 Å². The highest BCUT2D eigenvalue weighted by atomic mass is 16.1. The van der Waals surface area contributed by atoms with Crippen LogP contribution in [0.1, 0.15) is 101 Å². The van der Waals surface area contributed by atoms with Crippen molar-refractivity contribution < 1.29 is 4.79 Å². The summed E-state index contributed by atoms with van der Waals surface area (Å²) in [6.45, 7) is 10.7. The molecule has 1 aliphatic carbocycles. The predicted molar refractivity (Wildman–Crippen MR) is 146 cm³/mol. The van der Waals surface area contributed by atoms with Crippen LogP contribution >= 0.6 is 0 Å². The SMILES string of the molecule is C=C(C)C(=O)NCCCc1ccc(-c2ccc(C3CCC(CCCCC)CC3)cc2)c(CC)c1. The van der Waals surface area contributed by atoms with Gasteiger partial charge in [0.15, 0.2) is 0 Å². The van der Waals surface area contributed by atoms with Crippen molar-refractivity contribution in [1.82, 2.24) is 5.32 Å². The van der Waals surface area contributed by atoms with E-state index in [0.29, 0.717) is 12.1 Å². The van der Waals surface area contributed by atoms with Crippen LogP contribution in [0.2, 0.25) is 0 Å². The second kappa shape index (κ2) is 13.5. The van der Waals surface area contributed by atoms with Crippen molar-refractivity contribution in [2.45, 2.75) is 97.3 Å². The van der Waals surface area contributed by atoms with Crippen LogP contribution in [0.15, 0.2) is 54.6 Å². The van der Waals surface area contributed by atoms with Crippen LogP contribution in [0.25, 0.3) is 11.1 Å². The first-order chi connectivity index (χ1) is 16.5. The molecule has 0 bridgehead atoms. The average Bonchev–Trinajstić information content (AvgIpc) is 2.87. The number of rotatable bonds is 12. The van der Waals surface area contributed by atoms with Crippen molar-refractivity contribution >= 4 is 5.91 Å². The molecule has 0 unspecified atom stereocenters. The van der Waals surface area contributed by atoms with Gasteiger partial charge in [-0.25, -0.2) is 0 Å². The van der Waals surface area contributed by atoms with Crippen LogP contribution in [0, 0.1) is 5.92 Å². The first-order valence-electron chi connectivity index (χ1n) is 13.7. The fraction of sp³-hybridized carbons (Fsp3) is 0.531. The number of nitrogens with one attached hydrogen (secondary N) is 1. The molecule has 0 heterocycles. The van der Waals surface area contributed by atoms with E-state index in [9.17, 15) is 4.79 Å². The maximum atomic E-state index is 11.6. The highest BCUT2D eigenvalue weighted by molar-refractivity contribution is 5.92. The van der Waals surface area contributed by atoms with E-state index in [0.717, 1.165) is 31.1 Å². The molecule has 0 atom stereocenters. The van der Waals surface area contributed by atoms with Gasteiger partial charge < -0.3 is 5.32 Å². The summed E-state index contributed by atoms with van der Waals surface area (Å²) in [5.41, 5.74) is 7.53. The molecular formula is C32H45NO. The number of unbranched alkanes of at least 4 members (excludes halogenated alkanes) is 2. The van der Waals surface area contributed by atoms with Crippen LogP contribution in [-0.2, 0) is 17.6 Å². The van der Waals surface area contributed by atoms with Gasteiger partial charge in [0, 0.05) is 12.1 Å². The van der Waals surface area contributed by atoms with Crippen molar-refractivity contribution in [2.75, 3.05) is 6.54 Å². The van der Waals surface area contributed by atoms with Gasteiger partial charge in [-0.2, -0.15) is 0 Å². The minimum atomic E-state index is -0.0481. The molecule has 2 heteroatoms. The minimum absolute atomic E-state index is 0.0481. The smallest absolute Gasteiger partial charge is 0.246 e. The summed E-state index contributed by atoms with van der Waals surface area (Å²) in [5.74, 6) is 1.66. The van der Waals surface area contributed by atoms with Gasteiger partial charge in [-0.05, 0) is 91.5 Å². The van der Waals surface area contributed by atoms with Crippen molar-refractivity contribution in [2.24, 2.45) is 5.92 Å². The number of hydrogen-bond donors (Lipinski definition) is 1. The summed E-state index contributed by atoms with van der Waals surface area (Å²) >= 11 is 0. The lowest BCUT2D eigenvalue weighted by Crippen LogP contribution is -2.24. The van der Waals surface area contributed by atoms with Gasteiger partial charge in [-0.3, -0.25) is 4.79 Å².